The van der Waals surface area contributed by atoms with Crippen LogP contribution in [0.15, 0.2) is 16.6 Å². The summed E-state index contributed by atoms with van der Waals surface area (Å²) < 4.78 is 0.429. The van der Waals surface area contributed by atoms with E-state index in [1.165, 1.54) is 6.07 Å². The molecule has 0 saturated heterocycles. The molecule has 0 aliphatic carbocycles. The van der Waals surface area contributed by atoms with Crippen LogP contribution in [0, 0.1) is 17.0 Å². The minimum Gasteiger partial charge on any atom is -0.376 e. The number of aryl methyl sites for hydroxylation is 1. The second kappa shape index (κ2) is 4.54. The van der Waals surface area contributed by atoms with Gasteiger partial charge in [0.25, 0.3) is 5.69 Å². The zero-order valence-corrected chi connectivity index (χ0v) is 10.2. The monoisotopic (exact) mass is 289 g/mol. The van der Waals surface area contributed by atoms with Crippen molar-refractivity contribution in [3.05, 3.63) is 32.3 Å². The molecule has 0 radical (unpaired) electrons. The van der Waals surface area contributed by atoms with Gasteiger partial charge in [0, 0.05) is 6.07 Å². The summed E-state index contributed by atoms with van der Waals surface area (Å²) in [6.45, 7) is 1.80. The Morgan fingerprint density at radius 3 is 2.73 bits per heavy atom. The van der Waals surface area contributed by atoms with Gasteiger partial charge in [-0.15, -0.1) is 0 Å². The summed E-state index contributed by atoms with van der Waals surface area (Å²) in [5.41, 5.74) is 6.63. The third-order valence-electron chi connectivity index (χ3n) is 1.75. The highest BCUT2D eigenvalue weighted by atomic mass is 79.9. The van der Waals surface area contributed by atoms with E-state index in [1.54, 1.807) is 13.0 Å². The average Bonchev–Trinajstić information content (AvgIpc) is 2.08. The molecule has 1 aromatic rings. The third kappa shape index (κ3) is 2.87. The van der Waals surface area contributed by atoms with Crippen LogP contribution in [0.25, 0.3) is 0 Å². The number of nitrogens with two attached hydrogens (primary N) is 1. The molecule has 1 aromatic carbocycles. The molecule has 0 aliphatic rings. The summed E-state index contributed by atoms with van der Waals surface area (Å²) in [4.78, 5) is 10.2. The van der Waals surface area contributed by atoms with Crippen LogP contribution in [-0.4, -0.2) is 10.0 Å². The SMILES string of the molecule is Cc1cc(Br)c([N+](=O)[O-])cc1NC(N)=S. The van der Waals surface area contributed by atoms with Crippen molar-refractivity contribution in [2.45, 2.75) is 6.92 Å². The Balaban J connectivity index is 3.23. The van der Waals surface area contributed by atoms with Gasteiger partial charge >= 0.3 is 0 Å². The number of nitrogens with zero attached hydrogens (tertiary/aromatic N) is 1. The molecule has 7 heteroatoms. The summed E-state index contributed by atoms with van der Waals surface area (Å²) in [5.74, 6) is 0. The number of anilines is 1. The Morgan fingerprint density at radius 1 is 1.67 bits per heavy atom. The first-order valence-corrected chi connectivity index (χ1v) is 5.13. The van der Waals surface area contributed by atoms with E-state index in [-0.39, 0.29) is 10.8 Å². The molecule has 0 amide bonds. The first-order chi connectivity index (χ1) is 6.91. The topological polar surface area (TPSA) is 81.2 Å². The molecular formula is C8H8BrN3O2S. The van der Waals surface area contributed by atoms with Crippen LogP contribution in [0.4, 0.5) is 11.4 Å². The summed E-state index contributed by atoms with van der Waals surface area (Å²) in [6, 6.07) is 3.03. The van der Waals surface area contributed by atoms with Gasteiger partial charge in [0.2, 0.25) is 0 Å². The molecule has 5 nitrogen and oxygen atoms in total. The van der Waals surface area contributed by atoms with Crippen molar-refractivity contribution in [1.82, 2.24) is 0 Å². The van der Waals surface area contributed by atoms with E-state index in [2.05, 4.69) is 33.5 Å². The van der Waals surface area contributed by atoms with Gasteiger partial charge in [-0.1, -0.05) is 0 Å². The van der Waals surface area contributed by atoms with Gasteiger partial charge in [0.15, 0.2) is 5.11 Å². The maximum Gasteiger partial charge on any atom is 0.285 e. The molecule has 80 valence electrons. The normalized spacial score (nSPS) is 9.73. The minimum absolute atomic E-state index is 0.0284. The van der Waals surface area contributed by atoms with Crippen molar-refractivity contribution in [2.75, 3.05) is 5.32 Å². The molecule has 3 N–H and O–H groups in total. The minimum atomic E-state index is -0.478. The molecule has 0 heterocycles. The average molecular weight is 290 g/mol. The molecule has 0 aliphatic heterocycles. The fourth-order valence-corrected chi connectivity index (χ4v) is 1.78. The number of rotatable bonds is 2. The van der Waals surface area contributed by atoms with Crippen molar-refractivity contribution in [3.63, 3.8) is 0 Å². The number of thiocarbonyl (C=S) groups is 1. The second-order valence-electron chi connectivity index (χ2n) is 2.86. The standard InChI is InChI=1S/C8H8BrN3O2S/c1-4-2-5(9)7(12(13)14)3-6(4)11-8(10)15/h2-3H,1H3,(H3,10,11,15). The Labute approximate surface area is 99.9 Å². The first-order valence-electron chi connectivity index (χ1n) is 3.93. The maximum absolute atomic E-state index is 10.7. The molecule has 0 aromatic heterocycles. The predicted molar refractivity (Wildman–Crippen MR) is 65.9 cm³/mol. The molecule has 1 rings (SSSR count). The lowest BCUT2D eigenvalue weighted by molar-refractivity contribution is -0.385. The number of nitrogens with one attached hydrogen (secondary N) is 1. The van der Waals surface area contributed by atoms with E-state index in [4.69, 9.17) is 5.73 Å². The summed E-state index contributed by atoms with van der Waals surface area (Å²) >= 11 is 7.78. The maximum atomic E-state index is 10.7. The van der Waals surface area contributed by atoms with Crippen LogP contribution < -0.4 is 11.1 Å². The lowest BCUT2D eigenvalue weighted by Gasteiger charge is -2.08. The number of hydrogen-bond acceptors (Lipinski definition) is 3. The zero-order chi connectivity index (χ0) is 11.6. The molecule has 0 fully saturated rings. The largest absolute Gasteiger partial charge is 0.376 e. The molecule has 0 bridgehead atoms. The van der Waals surface area contributed by atoms with Crippen LogP contribution in [0.1, 0.15) is 5.56 Å². The van der Waals surface area contributed by atoms with Crippen LogP contribution >= 0.6 is 28.1 Å². The summed E-state index contributed by atoms with van der Waals surface area (Å²) in [7, 11) is 0. The number of benzene rings is 1. The second-order valence-corrected chi connectivity index (χ2v) is 4.16. The Bertz CT molecular complexity index is 436. The summed E-state index contributed by atoms with van der Waals surface area (Å²) in [5, 5.41) is 13.4. The lowest BCUT2D eigenvalue weighted by atomic mass is 10.2. The fraction of sp³-hybridized carbons (Fsp3) is 0.125. The van der Waals surface area contributed by atoms with Gasteiger partial charge in [-0.3, -0.25) is 10.1 Å². The highest BCUT2D eigenvalue weighted by Crippen LogP contribution is 2.30. The van der Waals surface area contributed by atoms with Gasteiger partial charge in [-0.25, -0.2) is 0 Å². The zero-order valence-electron chi connectivity index (χ0n) is 7.78. The molecular weight excluding hydrogens is 282 g/mol. The predicted octanol–water partition coefficient (Wildman–Crippen LogP) is 2.32. The van der Waals surface area contributed by atoms with Gasteiger partial charge < -0.3 is 11.1 Å². The quantitative estimate of drug-likeness (QED) is 0.496. The number of halogens is 1. The van der Waals surface area contributed by atoms with Gasteiger partial charge in [0.05, 0.1) is 15.1 Å². The molecule has 0 spiro atoms. The molecule has 0 unspecified atom stereocenters. The number of hydrogen-bond donors (Lipinski definition) is 2. The molecule has 0 saturated carbocycles. The smallest absolute Gasteiger partial charge is 0.285 e. The van der Waals surface area contributed by atoms with Crippen LogP contribution in [0.5, 0.6) is 0 Å². The highest BCUT2D eigenvalue weighted by Gasteiger charge is 2.14. The van der Waals surface area contributed by atoms with Crippen molar-refractivity contribution < 1.29 is 4.92 Å². The van der Waals surface area contributed by atoms with Crippen LogP contribution in [0.3, 0.4) is 0 Å². The van der Waals surface area contributed by atoms with E-state index in [0.717, 1.165) is 5.56 Å². The Morgan fingerprint density at radius 2 is 2.27 bits per heavy atom. The van der Waals surface area contributed by atoms with E-state index in [1.807, 2.05) is 0 Å². The van der Waals surface area contributed by atoms with Gasteiger partial charge in [-0.05, 0) is 46.7 Å². The van der Waals surface area contributed by atoms with E-state index < -0.39 is 4.92 Å². The van der Waals surface area contributed by atoms with Crippen molar-refractivity contribution in [2.24, 2.45) is 5.73 Å². The molecule has 15 heavy (non-hydrogen) atoms. The Kier molecular flexibility index (Phi) is 3.59. The molecule has 0 atom stereocenters. The third-order valence-corrected chi connectivity index (χ3v) is 2.49. The van der Waals surface area contributed by atoms with Gasteiger partial charge in [0.1, 0.15) is 0 Å². The number of nitro benzene ring substituents is 1. The van der Waals surface area contributed by atoms with E-state index >= 15 is 0 Å². The lowest BCUT2D eigenvalue weighted by Crippen LogP contribution is -2.19. The van der Waals surface area contributed by atoms with Crippen LogP contribution in [-0.2, 0) is 0 Å². The Hall–Kier alpha value is -1.21. The van der Waals surface area contributed by atoms with E-state index in [9.17, 15) is 10.1 Å². The van der Waals surface area contributed by atoms with Crippen molar-refractivity contribution in [1.29, 1.82) is 0 Å². The van der Waals surface area contributed by atoms with Gasteiger partial charge in [-0.2, -0.15) is 0 Å². The van der Waals surface area contributed by atoms with Crippen LogP contribution in [0.2, 0.25) is 0 Å². The number of nitro groups is 1. The first kappa shape index (κ1) is 11.9. The highest BCUT2D eigenvalue weighted by molar-refractivity contribution is 9.10. The van der Waals surface area contributed by atoms with Crippen molar-refractivity contribution in [3.8, 4) is 0 Å². The van der Waals surface area contributed by atoms with E-state index in [0.29, 0.717) is 10.2 Å². The fourth-order valence-electron chi connectivity index (χ4n) is 1.07. The van der Waals surface area contributed by atoms with Crippen molar-refractivity contribution >= 4 is 44.6 Å². The summed E-state index contributed by atoms with van der Waals surface area (Å²) in [6.07, 6.45) is 0.